The first-order valence-electron chi connectivity index (χ1n) is 7.04. The second-order valence-corrected chi connectivity index (χ2v) is 6.18. The van der Waals surface area contributed by atoms with Gasteiger partial charge in [0.25, 0.3) is 0 Å². The van der Waals surface area contributed by atoms with Crippen LogP contribution in [-0.2, 0) is 6.54 Å². The molecule has 0 unspecified atom stereocenters. The predicted molar refractivity (Wildman–Crippen MR) is 90.4 cm³/mol. The summed E-state index contributed by atoms with van der Waals surface area (Å²) in [5.41, 5.74) is 2.72. The molecule has 0 radical (unpaired) electrons. The quantitative estimate of drug-likeness (QED) is 0.645. The highest BCUT2D eigenvalue weighted by atomic mass is 35.5. The second kappa shape index (κ2) is 6.29. The monoisotopic (exact) mass is 334 g/mol. The maximum absolute atomic E-state index is 6.29. The molecule has 0 aliphatic rings. The fourth-order valence-electron chi connectivity index (χ4n) is 2.42. The Hall–Kier alpha value is -1.55. The van der Waals surface area contributed by atoms with Crippen LogP contribution in [-0.4, -0.2) is 16.9 Å². The maximum Gasteiger partial charge on any atom is 0.209 e. The topological polar surface area (TPSA) is 29.3 Å². The van der Waals surface area contributed by atoms with Gasteiger partial charge in [-0.15, -0.1) is 0 Å². The lowest BCUT2D eigenvalue weighted by atomic mass is 10.1. The lowest BCUT2D eigenvalue weighted by molar-refractivity contribution is 0.230. The molecule has 0 spiro atoms. The summed E-state index contributed by atoms with van der Waals surface area (Å²) >= 11 is 12.2. The summed E-state index contributed by atoms with van der Waals surface area (Å²) < 4.78 is 5.77. The summed E-state index contributed by atoms with van der Waals surface area (Å²) in [6.07, 6.45) is 0. The Morgan fingerprint density at radius 2 is 1.95 bits per heavy atom. The Labute approximate surface area is 139 Å². The minimum atomic E-state index is 0.125. The molecule has 0 fully saturated rings. The zero-order valence-electron chi connectivity index (χ0n) is 12.4. The number of fused-ring (bicyclic) bond motifs is 1. The summed E-state index contributed by atoms with van der Waals surface area (Å²) in [6.45, 7) is 2.70. The fraction of sp³-hybridized carbons (Fsp3) is 0.235. The number of nitrogens with zero attached hydrogens (tertiary/aromatic N) is 2. The van der Waals surface area contributed by atoms with Crippen LogP contribution in [0.2, 0.25) is 10.0 Å². The van der Waals surface area contributed by atoms with E-state index < -0.39 is 0 Å². The van der Waals surface area contributed by atoms with Crippen molar-refractivity contribution in [1.29, 1.82) is 0 Å². The molecule has 0 aliphatic heterocycles. The van der Waals surface area contributed by atoms with Crippen molar-refractivity contribution in [3.05, 3.63) is 64.0 Å². The standard InChI is InChI=1S/C17H16Cl2N2O/c1-11(13-8-7-12(18)9-14(13)19)21(2)10-17-20-15-5-3-4-6-16(15)22-17/h3-9,11H,10H2,1-2H3/t11-/m1/s1. The molecule has 0 bridgehead atoms. The minimum Gasteiger partial charge on any atom is -0.439 e. The Morgan fingerprint density at radius 1 is 1.18 bits per heavy atom. The average molecular weight is 335 g/mol. The second-order valence-electron chi connectivity index (χ2n) is 5.33. The molecule has 0 saturated carbocycles. The highest BCUT2D eigenvalue weighted by molar-refractivity contribution is 6.35. The highest BCUT2D eigenvalue weighted by Crippen LogP contribution is 2.30. The molecule has 114 valence electrons. The Morgan fingerprint density at radius 3 is 2.68 bits per heavy atom. The van der Waals surface area contributed by atoms with Gasteiger partial charge in [0.2, 0.25) is 5.89 Å². The van der Waals surface area contributed by atoms with Crippen LogP contribution in [0, 0.1) is 0 Å². The van der Waals surface area contributed by atoms with E-state index in [0.29, 0.717) is 22.5 Å². The van der Waals surface area contributed by atoms with Crippen LogP contribution in [0.5, 0.6) is 0 Å². The summed E-state index contributed by atoms with van der Waals surface area (Å²) in [6, 6.07) is 13.5. The van der Waals surface area contributed by atoms with Crippen molar-refractivity contribution < 1.29 is 4.42 Å². The summed E-state index contributed by atoms with van der Waals surface area (Å²) in [4.78, 5) is 6.64. The molecular weight excluding hydrogens is 319 g/mol. The molecular formula is C17H16Cl2N2O. The van der Waals surface area contributed by atoms with Gasteiger partial charge in [0.1, 0.15) is 5.52 Å². The molecule has 3 nitrogen and oxygen atoms in total. The molecule has 1 heterocycles. The van der Waals surface area contributed by atoms with E-state index in [1.807, 2.05) is 43.4 Å². The van der Waals surface area contributed by atoms with Gasteiger partial charge >= 0.3 is 0 Å². The van der Waals surface area contributed by atoms with Gasteiger partial charge in [-0.25, -0.2) is 4.98 Å². The van der Waals surface area contributed by atoms with Crippen LogP contribution >= 0.6 is 23.2 Å². The van der Waals surface area contributed by atoms with Crippen molar-refractivity contribution in [2.24, 2.45) is 0 Å². The molecule has 0 amide bonds. The first kappa shape index (κ1) is 15.3. The number of hydrogen-bond acceptors (Lipinski definition) is 3. The molecule has 1 atom stereocenters. The number of halogens is 2. The third kappa shape index (κ3) is 3.12. The summed E-state index contributed by atoms with van der Waals surface area (Å²) in [7, 11) is 2.02. The van der Waals surface area contributed by atoms with Gasteiger partial charge in [-0.2, -0.15) is 0 Å². The van der Waals surface area contributed by atoms with Gasteiger partial charge in [-0.3, -0.25) is 4.90 Å². The van der Waals surface area contributed by atoms with E-state index in [4.69, 9.17) is 27.6 Å². The number of hydrogen-bond donors (Lipinski definition) is 0. The van der Waals surface area contributed by atoms with E-state index in [2.05, 4.69) is 16.8 Å². The van der Waals surface area contributed by atoms with E-state index in [-0.39, 0.29) is 6.04 Å². The van der Waals surface area contributed by atoms with Gasteiger partial charge in [0.05, 0.1) is 6.54 Å². The normalized spacial score (nSPS) is 13.0. The van der Waals surface area contributed by atoms with Crippen molar-refractivity contribution in [3.63, 3.8) is 0 Å². The van der Waals surface area contributed by atoms with Crippen molar-refractivity contribution in [2.45, 2.75) is 19.5 Å². The van der Waals surface area contributed by atoms with Crippen LogP contribution in [0.4, 0.5) is 0 Å². The van der Waals surface area contributed by atoms with Gasteiger partial charge in [-0.1, -0.05) is 41.4 Å². The first-order chi connectivity index (χ1) is 10.5. The number of benzene rings is 2. The highest BCUT2D eigenvalue weighted by Gasteiger charge is 2.17. The molecule has 22 heavy (non-hydrogen) atoms. The molecule has 3 aromatic rings. The zero-order chi connectivity index (χ0) is 15.7. The van der Waals surface area contributed by atoms with E-state index in [1.54, 1.807) is 6.07 Å². The van der Waals surface area contributed by atoms with E-state index >= 15 is 0 Å². The number of aromatic nitrogens is 1. The van der Waals surface area contributed by atoms with E-state index in [1.165, 1.54) is 0 Å². The van der Waals surface area contributed by atoms with Gasteiger partial charge in [0, 0.05) is 16.1 Å². The summed E-state index contributed by atoms with van der Waals surface area (Å²) in [5, 5.41) is 1.31. The molecule has 0 aliphatic carbocycles. The summed E-state index contributed by atoms with van der Waals surface area (Å²) in [5.74, 6) is 0.695. The largest absolute Gasteiger partial charge is 0.439 e. The van der Waals surface area contributed by atoms with Crippen molar-refractivity contribution in [1.82, 2.24) is 9.88 Å². The van der Waals surface area contributed by atoms with E-state index in [0.717, 1.165) is 16.7 Å². The Bertz CT molecular complexity index is 767. The molecule has 5 heteroatoms. The van der Waals surface area contributed by atoms with Crippen LogP contribution in [0.3, 0.4) is 0 Å². The van der Waals surface area contributed by atoms with Crippen molar-refractivity contribution in [3.8, 4) is 0 Å². The van der Waals surface area contributed by atoms with Crippen molar-refractivity contribution in [2.75, 3.05) is 7.05 Å². The smallest absolute Gasteiger partial charge is 0.209 e. The first-order valence-corrected chi connectivity index (χ1v) is 7.80. The van der Waals surface area contributed by atoms with Crippen LogP contribution < -0.4 is 0 Å². The van der Waals surface area contributed by atoms with Crippen LogP contribution in [0.15, 0.2) is 46.9 Å². The molecule has 0 saturated heterocycles. The zero-order valence-corrected chi connectivity index (χ0v) is 13.9. The van der Waals surface area contributed by atoms with E-state index in [9.17, 15) is 0 Å². The third-order valence-corrected chi connectivity index (χ3v) is 4.36. The number of oxazole rings is 1. The van der Waals surface area contributed by atoms with Crippen molar-refractivity contribution >= 4 is 34.3 Å². The third-order valence-electron chi connectivity index (χ3n) is 3.80. The lowest BCUT2D eigenvalue weighted by Gasteiger charge is -2.24. The maximum atomic E-state index is 6.29. The molecule has 3 rings (SSSR count). The van der Waals surface area contributed by atoms with Gasteiger partial charge < -0.3 is 4.42 Å². The van der Waals surface area contributed by atoms with Crippen LogP contribution in [0.1, 0.15) is 24.4 Å². The van der Waals surface area contributed by atoms with Gasteiger partial charge in [0.15, 0.2) is 5.58 Å². The average Bonchev–Trinajstić information content (AvgIpc) is 2.88. The SMILES string of the molecule is C[C@H](c1ccc(Cl)cc1Cl)N(C)Cc1nc2ccccc2o1. The lowest BCUT2D eigenvalue weighted by Crippen LogP contribution is -2.22. The molecule has 2 aromatic carbocycles. The minimum absolute atomic E-state index is 0.125. The Balaban J connectivity index is 1.79. The fourth-order valence-corrected chi connectivity index (χ4v) is 2.98. The number of para-hydroxylation sites is 2. The predicted octanol–water partition coefficient (Wildman–Crippen LogP) is 5.33. The van der Waals surface area contributed by atoms with Gasteiger partial charge in [-0.05, 0) is 43.8 Å². The van der Waals surface area contributed by atoms with Crippen LogP contribution in [0.25, 0.3) is 11.1 Å². The number of rotatable bonds is 4. The molecule has 1 aromatic heterocycles. The molecule has 0 N–H and O–H groups in total. The Kier molecular flexibility index (Phi) is 4.39.